The van der Waals surface area contributed by atoms with Gasteiger partial charge in [-0.25, -0.2) is 0 Å². The zero-order chi connectivity index (χ0) is 11.4. The quantitative estimate of drug-likeness (QED) is 0.821. The van der Waals surface area contributed by atoms with Crippen LogP contribution in [0.1, 0.15) is 43.8 Å². The normalized spacial score (nSPS) is 21.6. The predicted octanol–water partition coefficient (Wildman–Crippen LogP) is 2.63. The van der Waals surface area contributed by atoms with Crippen LogP contribution >= 0.6 is 0 Å². The molecule has 3 N–H and O–H groups in total. The predicted molar refractivity (Wildman–Crippen MR) is 66.0 cm³/mol. The van der Waals surface area contributed by atoms with Gasteiger partial charge >= 0.3 is 0 Å². The summed E-state index contributed by atoms with van der Waals surface area (Å²) in [6.45, 7) is 0. The van der Waals surface area contributed by atoms with Gasteiger partial charge in [-0.2, -0.15) is 0 Å². The molecule has 2 unspecified atom stereocenters. The van der Waals surface area contributed by atoms with Crippen molar-refractivity contribution in [1.29, 1.82) is 0 Å². The van der Waals surface area contributed by atoms with Gasteiger partial charge in [0.2, 0.25) is 0 Å². The summed E-state index contributed by atoms with van der Waals surface area (Å²) in [5.41, 5.74) is 7.12. The summed E-state index contributed by atoms with van der Waals surface area (Å²) in [6.07, 6.45) is 5.69. The van der Waals surface area contributed by atoms with Crippen LogP contribution in [0, 0.1) is 5.92 Å². The highest BCUT2D eigenvalue weighted by molar-refractivity contribution is 5.19. The molecule has 1 aliphatic rings. The highest BCUT2D eigenvalue weighted by Gasteiger charge is 2.26. The lowest BCUT2D eigenvalue weighted by atomic mass is 9.81. The van der Waals surface area contributed by atoms with E-state index in [-0.39, 0.29) is 6.04 Å². The number of nitrogens with two attached hydrogens (primary N) is 1. The van der Waals surface area contributed by atoms with E-state index in [2.05, 4.69) is 0 Å². The second-order valence-electron chi connectivity index (χ2n) is 4.83. The van der Waals surface area contributed by atoms with Crippen LogP contribution in [0.25, 0.3) is 0 Å². The van der Waals surface area contributed by atoms with Gasteiger partial charge in [0.1, 0.15) is 0 Å². The van der Waals surface area contributed by atoms with E-state index in [4.69, 9.17) is 5.73 Å². The van der Waals surface area contributed by atoms with Crippen molar-refractivity contribution in [1.82, 2.24) is 0 Å². The summed E-state index contributed by atoms with van der Waals surface area (Å²) in [4.78, 5) is 0. The van der Waals surface area contributed by atoms with E-state index in [9.17, 15) is 5.11 Å². The molecule has 0 radical (unpaired) electrons. The van der Waals surface area contributed by atoms with Crippen molar-refractivity contribution in [2.24, 2.45) is 11.7 Å². The molecule has 1 saturated carbocycles. The Morgan fingerprint density at radius 2 is 1.69 bits per heavy atom. The Morgan fingerprint density at radius 1 is 1.06 bits per heavy atom. The topological polar surface area (TPSA) is 46.2 Å². The van der Waals surface area contributed by atoms with Crippen molar-refractivity contribution in [2.75, 3.05) is 0 Å². The van der Waals surface area contributed by atoms with Gasteiger partial charge in [-0.3, -0.25) is 0 Å². The third-order valence-corrected chi connectivity index (χ3v) is 3.70. The van der Waals surface area contributed by atoms with Gasteiger partial charge < -0.3 is 10.8 Å². The molecule has 1 fully saturated rings. The van der Waals surface area contributed by atoms with Crippen LogP contribution in [0.4, 0.5) is 0 Å². The Bertz CT molecular complexity index is 306. The first-order chi connectivity index (χ1) is 7.79. The lowest BCUT2D eigenvalue weighted by Crippen LogP contribution is -2.37. The third-order valence-electron chi connectivity index (χ3n) is 3.70. The van der Waals surface area contributed by atoms with Crippen LogP contribution < -0.4 is 5.73 Å². The zero-order valence-electron chi connectivity index (χ0n) is 9.68. The molecule has 1 aromatic carbocycles. The fourth-order valence-electron chi connectivity index (χ4n) is 2.65. The first-order valence-electron chi connectivity index (χ1n) is 6.27. The summed E-state index contributed by atoms with van der Waals surface area (Å²) < 4.78 is 0. The molecule has 0 saturated heterocycles. The van der Waals surface area contributed by atoms with Gasteiger partial charge in [-0.15, -0.1) is 0 Å². The Kier molecular flexibility index (Phi) is 3.97. The van der Waals surface area contributed by atoms with Gasteiger partial charge in [0.15, 0.2) is 0 Å². The highest BCUT2D eigenvalue weighted by atomic mass is 16.3. The molecule has 0 aliphatic heterocycles. The Morgan fingerprint density at radius 3 is 2.31 bits per heavy atom. The molecule has 1 aromatic rings. The van der Waals surface area contributed by atoms with Crippen LogP contribution in [0.2, 0.25) is 0 Å². The third kappa shape index (κ3) is 2.63. The first-order valence-corrected chi connectivity index (χ1v) is 6.27. The van der Waals surface area contributed by atoms with Crippen LogP contribution in [0.3, 0.4) is 0 Å². The Hall–Kier alpha value is -0.860. The zero-order valence-corrected chi connectivity index (χ0v) is 9.68. The van der Waals surface area contributed by atoms with Crippen molar-refractivity contribution in [3.63, 3.8) is 0 Å². The first kappa shape index (κ1) is 11.6. The number of aliphatic hydroxyl groups is 1. The fraction of sp³-hybridized carbons (Fsp3) is 0.571. The number of benzene rings is 1. The van der Waals surface area contributed by atoms with E-state index in [1.807, 2.05) is 30.3 Å². The molecular formula is C14H21NO. The van der Waals surface area contributed by atoms with Crippen molar-refractivity contribution in [3.8, 4) is 0 Å². The minimum atomic E-state index is -0.510. The van der Waals surface area contributed by atoms with Crippen molar-refractivity contribution < 1.29 is 5.11 Å². The van der Waals surface area contributed by atoms with E-state index >= 15 is 0 Å². The number of aliphatic hydroxyl groups excluding tert-OH is 1. The van der Waals surface area contributed by atoms with Crippen LogP contribution in [0.15, 0.2) is 30.3 Å². The molecule has 0 amide bonds. The molecule has 2 heteroatoms. The summed E-state index contributed by atoms with van der Waals surface area (Å²) in [6, 6.07) is 9.66. The molecule has 0 bridgehead atoms. The average molecular weight is 219 g/mol. The van der Waals surface area contributed by atoms with E-state index in [1.54, 1.807) is 0 Å². The van der Waals surface area contributed by atoms with Crippen molar-refractivity contribution in [2.45, 2.75) is 44.2 Å². The SMILES string of the molecule is NC(C1CCCCC1)C(O)c1ccccc1. The monoisotopic (exact) mass is 219 g/mol. The Labute approximate surface area is 97.5 Å². The summed E-state index contributed by atoms with van der Waals surface area (Å²) >= 11 is 0. The highest BCUT2D eigenvalue weighted by Crippen LogP contribution is 2.30. The van der Waals surface area contributed by atoms with Gasteiger partial charge in [0.25, 0.3) is 0 Å². The molecule has 16 heavy (non-hydrogen) atoms. The minimum Gasteiger partial charge on any atom is -0.387 e. The number of hydrogen-bond donors (Lipinski definition) is 2. The van der Waals surface area contributed by atoms with Gasteiger partial charge in [0.05, 0.1) is 6.10 Å². The lowest BCUT2D eigenvalue weighted by molar-refractivity contribution is 0.104. The molecule has 0 spiro atoms. The standard InChI is InChI=1S/C14H21NO/c15-13(11-7-3-1-4-8-11)14(16)12-9-5-2-6-10-12/h2,5-6,9-11,13-14,16H,1,3-4,7-8,15H2. The van der Waals surface area contributed by atoms with E-state index in [1.165, 1.54) is 32.1 Å². The lowest BCUT2D eigenvalue weighted by Gasteiger charge is -2.30. The van der Waals surface area contributed by atoms with Gasteiger partial charge in [-0.1, -0.05) is 49.6 Å². The fourth-order valence-corrected chi connectivity index (χ4v) is 2.65. The summed E-state index contributed by atoms with van der Waals surface area (Å²) in [7, 11) is 0. The molecular weight excluding hydrogens is 198 g/mol. The molecule has 88 valence electrons. The molecule has 2 atom stereocenters. The summed E-state index contributed by atoms with van der Waals surface area (Å²) in [5, 5.41) is 10.2. The smallest absolute Gasteiger partial charge is 0.0943 e. The number of hydrogen-bond acceptors (Lipinski definition) is 2. The summed E-state index contributed by atoms with van der Waals surface area (Å²) in [5.74, 6) is 0.490. The van der Waals surface area contributed by atoms with Crippen molar-refractivity contribution in [3.05, 3.63) is 35.9 Å². The molecule has 0 aromatic heterocycles. The second-order valence-corrected chi connectivity index (χ2v) is 4.83. The maximum absolute atomic E-state index is 10.2. The van der Waals surface area contributed by atoms with Gasteiger partial charge in [-0.05, 0) is 24.3 Å². The maximum atomic E-state index is 10.2. The molecule has 2 nitrogen and oxygen atoms in total. The molecule has 0 heterocycles. The van der Waals surface area contributed by atoms with E-state index < -0.39 is 6.10 Å². The maximum Gasteiger partial charge on any atom is 0.0943 e. The largest absolute Gasteiger partial charge is 0.387 e. The van der Waals surface area contributed by atoms with E-state index in [0.717, 1.165) is 5.56 Å². The van der Waals surface area contributed by atoms with Crippen molar-refractivity contribution >= 4 is 0 Å². The second kappa shape index (κ2) is 5.46. The molecule has 1 aliphatic carbocycles. The molecule has 2 rings (SSSR count). The van der Waals surface area contributed by atoms with E-state index in [0.29, 0.717) is 5.92 Å². The minimum absolute atomic E-state index is 0.109. The average Bonchev–Trinajstić information content (AvgIpc) is 2.39. The van der Waals surface area contributed by atoms with Crippen LogP contribution in [0.5, 0.6) is 0 Å². The Balaban J connectivity index is 2.00. The van der Waals surface area contributed by atoms with Gasteiger partial charge in [0, 0.05) is 6.04 Å². The van der Waals surface area contributed by atoms with Crippen LogP contribution in [-0.2, 0) is 0 Å². The number of rotatable bonds is 3. The van der Waals surface area contributed by atoms with Crippen LogP contribution in [-0.4, -0.2) is 11.1 Å².